The van der Waals surface area contributed by atoms with Crippen LogP contribution in [0.25, 0.3) is 0 Å². The first-order valence-electron chi connectivity index (χ1n) is 2.50. The molecule has 47 valence electrons. The monoisotopic (exact) mass is 161 g/mol. The predicted molar refractivity (Wildman–Crippen MR) is 43.7 cm³/mol. The third-order valence-electron chi connectivity index (χ3n) is 0.946. The Hall–Kier alpha value is -0.0888. The number of nitrogens with zero attached hydrogens (tertiary/aromatic N) is 1. The molecule has 3 nitrogen and oxygen atoms in total. The summed E-state index contributed by atoms with van der Waals surface area (Å²) in [4.78, 5) is 10.5. The predicted octanol–water partition coefficient (Wildman–Crippen LogP) is -1.28. The van der Waals surface area contributed by atoms with E-state index < -0.39 is 7.90 Å². The average molecular weight is 161 g/mol. The van der Waals surface area contributed by atoms with Crippen LogP contribution in [-0.2, 0) is 0 Å². The van der Waals surface area contributed by atoms with Gasteiger partial charge in [-0.3, -0.25) is 4.79 Å². The summed E-state index contributed by atoms with van der Waals surface area (Å²) in [5.41, 5.74) is 6.80. The molecule has 10 heavy (non-hydrogen) atoms. The van der Waals surface area contributed by atoms with Gasteiger partial charge in [0.05, 0.1) is 0 Å². The minimum Gasteiger partial charge on any atom is -0.371 e. The van der Waals surface area contributed by atoms with Crippen LogP contribution in [0.2, 0.25) is 0 Å². The summed E-state index contributed by atoms with van der Waals surface area (Å²) in [5, 5.41) is 0. The zero-order valence-electron chi connectivity index (χ0n) is 5.74. The summed E-state index contributed by atoms with van der Waals surface area (Å²) in [6.07, 6.45) is 1.73. The first kappa shape index (κ1) is 9.91. The second-order valence-corrected chi connectivity index (χ2v) is 6.54. The fraction of sp³-hybridized carbons (Fsp3) is 0. The summed E-state index contributed by atoms with van der Waals surface area (Å²) in [5.74, 6) is 0. The van der Waals surface area contributed by atoms with E-state index in [1.54, 1.807) is 12.3 Å². The molecule has 0 aliphatic heterocycles. The van der Waals surface area contributed by atoms with Crippen LogP contribution in [-0.4, -0.2) is 45.7 Å². The van der Waals surface area contributed by atoms with Gasteiger partial charge in [0, 0.05) is 25.1 Å². The second kappa shape index (κ2) is 4.68. The van der Waals surface area contributed by atoms with Gasteiger partial charge in [-0.1, -0.05) is 5.68 Å². The number of nitrogens with two attached hydrogens (primary N) is 1. The first-order valence-corrected chi connectivity index (χ1v) is 6.41. The molecule has 0 aromatic carbocycles. The summed E-state index contributed by atoms with van der Waals surface area (Å²) in [7, 11) is -1.09. The van der Waals surface area contributed by atoms with E-state index in [2.05, 4.69) is 4.64 Å². The van der Waals surface area contributed by atoms with E-state index in [4.69, 9.17) is 5.73 Å². The third kappa shape index (κ3) is 2.66. The molecule has 1 heterocycles. The maximum Gasteiger partial charge on any atom is 0.211 e. The van der Waals surface area contributed by atoms with Crippen molar-refractivity contribution in [1.29, 1.82) is 0 Å². The fourth-order valence-electron chi connectivity index (χ4n) is 0.509. The molecule has 0 aliphatic rings. The van der Waals surface area contributed by atoms with Gasteiger partial charge in [0.15, 0.2) is 0 Å². The Balaban J connectivity index is 0.000000810. The molecular formula is C4H6LiN2OSi2. The van der Waals surface area contributed by atoms with Crippen LogP contribution in [0.4, 0.5) is 4.79 Å². The molecule has 0 bridgehead atoms. The van der Waals surface area contributed by atoms with E-state index in [0.29, 0.717) is 0 Å². The van der Waals surface area contributed by atoms with Crippen LogP contribution in [0.3, 0.4) is 0 Å². The van der Waals surface area contributed by atoms with Gasteiger partial charge < -0.3 is 10.4 Å². The molecule has 1 aromatic heterocycles. The van der Waals surface area contributed by atoms with Crippen LogP contribution >= 0.6 is 0 Å². The Labute approximate surface area is 74.4 Å². The molecule has 0 saturated heterocycles. The molecule has 0 unspecified atom stereocenters. The SMILES string of the molecule is NC(=O)[si]1cccn[siH]1.[Li]. The van der Waals surface area contributed by atoms with Gasteiger partial charge in [0.1, 0.15) is 16.7 Å². The number of carbonyl (C=O) groups is 1. The average Bonchev–Trinajstić information content (AvgIpc) is 1.90. The van der Waals surface area contributed by atoms with Crippen molar-refractivity contribution in [1.82, 2.24) is 4.64 Å². The van der Waals surface area contributed by atoms with Crippen LogP contribution in [0, 0.1) is 0 Å². The van der Waals surface area contributed by atoms with E-state index in [1.165, 1.54) is 0 Å². The summed E-state index contributed by atoms with van der Waals surface area (Å²) in [6, 6.07) is 1.80. The van der Waals surface area contributed by atoms with Crippen molar-refractivity contribution in [2.45, 2.75) is 0 Å². The molecule has 1 aromatic rings. The van der Waals surface area contributed by atoms with E-state index in [-0.39, 0.29) is 33.2 Å². The van der Waals surface area contributed by atoms with Crippen molar-refractivity contribution >= 4 is 41.1 Å². The number of amides is 1. The quantitative estimate of drug-likeness (QED) is 0.522. The first-order chi connectivity index (χ1) is 4.30. The van der Waals surface area contributed by atoms with E-state index in [9.17, 15) is 4.79 Å². The van der Waals surface area contributed by atoms with Crippen LogP contribution < -0.4 is 5.73 Å². The topological polar surface area (TPSA) is 56.0 Å². The van der Waals surface area contributed by atoms with E-state index in [1.807, 2.05) is 5.68 Å². The number of hydrogen-bond donors (Lipinski definition) is 1. The van der Waals surface area contributed by atoms with Crippen LogP contribution in [0.1, 0.15) is 0 Å². The van der Waals surface area contributed by atoms with Crippen molar-refractivity contribution in [2.24, 2.45) is 5.73 Å². The zero-order valence-corrected chi connectivity index (χ0v) is 7.90. The Bertz CT molecular complexity index is 218. The smallest absolute Gasteiger partial charge is 0.211 e. The van der Waals surface area contributed by atoms with Crippen molar-refractivity contribution in [3.05, 3.63) is 17.9 Å². The van der Waals surface area contributed by atoms with Crippen molar-refractivity contribution in [3.63, 3.8) is 0 Å². The zero-order chi connectivity index (χ0) is 6.69. The molecule has 1 amide bonds. The third-order valence-corrected chi connectivity index (χ3v) is 5.38. The number of carbonyl (C=O) groups excluding carboxylic acids is 1. The molecule has 0 fully saturated rings. The van der Waals surface area contributed by atoms with Crippen molar-refractivity contribution in [3.8, 4) is 0 Å². The second-order valence-electron chi connectivity index (χ2n) is 1.61. The Kier molecular flexibility index (Phi) is 4.64. The standard InChI is InChI=1S/C4H6N2OSi2.Li/c5-4(7)9-3-1-2-6-8-9;/h1-3,8H,(H2,5,7);. The minimum absolute atomic E-state index is 0. The van der Waals surface area contributed by atoms with Gasteiger partial charge in [-0.2, -0.15) is 0 Å². The normalized spacial score (nSPS) is 8.00. The van der Waals surface area contributed by atoms with Gasteiger partial charge in [0.2, 0.25) is 5.53 Å². The molecule has 0 saturated carbocycles. The maximum atomic E-state index is 10.5. The number of rotatable bonds is 1. The van der Waals surface area contributed by atoms with Crippen LogP contribution in [0.5, 0.6) is 0 Å². The van der Waals surface area contributed by atoms with Gasteiger partial charge in [0.25, 0.3) is 0 Å². The Morgan fingerprint density at radius 1 is 1.70 bits per heavy atom. The largest absolute Gasteiger partial charge is 0.371 e. The minimum atomic E-state index is -1.02. The molecule has 0 atom stereocenters. The van der Waals surface area contributed by atoms with E-state index in [0.717, 1.165) is 0 Å². The van der Waals surface area contributed by atoms with Gasteiger partial charge in [-0.05, 0) is 6.07 Å². The number of aromatic nitrogens is 1. The maximum absolute atomic E-state index is 10.5. The molecule has 0 spiro atoms. The molecule has 1 radical (unpaired) electrons. The Morgan fingerprint density at radius 3 is 2.70 bits per heavy atom. The molecule has 1 rings (SSSR count). The van der Waals surface area contributed by atoms with Crippen LogP contribution in [0.15, 0.2) is 17.9 Å². The van der Waals surface area contributed by atoms with Crippen molar-refractivity contribution in [2.75, 3.05) is 0 Å². The molecule has 6 heteroatoms. The number of hydrogen-bond acceptors (Lipinski definition) is 2. The van der Waals surface area contributed by atoms with E-state index >= 15 is 0 Å². The van der Waals surface area contributed by atoms with Crippen molar-refractivity contribution < 1.29 is 4.79 Å². The summed E-state index contributed by atoms with van der Waals surface area (Å²) in [6.45, 7) is 0. The van der Waals surface area contributed by atoms with Gasteiger partial charge in [-0.25, -0.2) is 0 Å². The Morgan fingerprint density at radius 2 is 2.40 bits per heavy atom. The number of primary amides is 1. The molecular weight excluding hydrogens is 155 g/mol. The van der Waals surface area contributed by atoms with Gasteiger partial charge in [-0.15, -0.1) is 0 Å². The summed E-state index contributed by atoms with van der Waals surface area (Å²) >= 11 is 0. The van der Waals surface area contributed by atoms with Gasteiger partial charge >= 0.3 is 0 Å². The molecule has 2 N–H and O–H groups in total. The summed E-state index contributed by atoms with van der Waals surface area (Å²) < 4.78 is 4.00. The fourth-order valence-corrected chi connectivity index (χ4v) is 3.24. The molecule has 0 aliphatic carbocycles.